The van der Waals surface area contributed by atoms with E-state index in [2.05, 4.69) is 10.4 Å². The lowest BCUT2D eigenvalue weighted by atomic mass is 10.2. The number of nitrogens with zero attached hydrogens (tertiary/aromatic N) is 2. The molecule has 148 valence electrons. The number of hydrogen-bond acceptors (Lipinski definition) is 4. The molecule has 0 aliphatic rings. The van der Waals surface area contributed by atoms with Crippen molar-refractivity contribution in [3.63, 3.8) is 0 Å². The largest absolute Gasteiger partial charge is 0.490 e. The highest BCUT2D eigenvalue weighted by Crippen LogP contribution is 2.31. The van der Waals surface area contributed by atoms with Crippen LogP contribution in [0.3, 0.4) is 0 Å². The van der Waals surface area contributed by atoms with Crippen molar-refractivity contribution in [2.24, 2.45) is 7.05 Å². The summed E-state index contributed by atoms with van der Waals surface area (Å²) < 4.78 is 13.6. The Kier molecular flexibility index (Phi) is 7.20. The fourth-order valence-corrected chi connectivity index (χ4v) is 3.29. The molecule has 5 nitrogen and oxygen atoms in total. The van der Waals surface area contributed by atoms with Crippen LogP contribution in [-0.4, -0.2) is 16.4 Å². The third-order valence-corrected chi connectivity index (χ3v) is 5.01. The van der Waals surface area contributed by atoms with Gasteiger partial charge in [0.2, 0.25) is 0 Å². The Morgan fingerprint density at radius 3 is 2.46 bits per heavy atom. The summed E-state index contributed by atoms with van der Waals surface area (Å²) in [6.45, 7) is 4.22. The van der Waals surface area contributed by atoms with E-state index >= 15 is 0 Å². The van der Waals surface area contributed by atoms with Gasteiger partial charge in [0.05, 0.1) is 12.3 Å². The van der Waals surface area contributed by atoms with Crippen LogP contribution in [0.15, 0.2) is 48.7 Å². The van der Waals surface area contributed by atoms with Gasteiger partial charge in [-0.15, -0.1) is 0 Å². The molecule has 3 rings (SSSR count). The van der Waals surface area contributed by atoms with E-state index in [4.69, 9.17) is 32.7 Å². The van der Waals surface area contributed by atoms with Crippen LogP contribution in [0.4, 0.5) is 0 Å². The van der Waals surface area contributed by atoms with Crippen molar-refractivity contribution < 1.29 is 9.47 Å². The number of ether oxygens (including phenoxy) is 2. The lowest BCUT2D eigenvalue weighted by Gasteiger charge is -2.15. The van der Waals surface area contributed by atoms with E-state index in [0.717, 1.165) is 23.4 Å². The molecular formula is C21H23Cl2N3O2. The normalized spacial score (nSPS) is 10.9. The summed E-state index contributed by atoms with van der Waals surface area (Å²) in [5.74, 6) is 1.36. The number of halogens is 2. The molecule has 28 heavy (non-hydrogen) atoms. The van der Waals surface area contributed by atoms with E-state index in [1.165, 1.54) is 0 Å². The maximum atomic E-state index is 6.22. The summed E-state index contributed by atoms with van der Waals surface area (Å²) in [4.78, 5) is 0. The molecule has 7 heteroatoms. The molecule has 0 atom stereocenters. The first-order valence-corrected chi connectivity index (χ1v) is 9.83. The van der Waals surface area contributed by atoms with Crippen LogP contribution in [0.25, 0.3) is 0 Å². The maximum Gasteiger partial charge on any atom is 0.161 e. The number of aryl methyl sites for hydroxylation is 1. The third-order valence-electron chi connectivity index (χ3n) is 4.30. The van der Waals surface area contributed by atoms with Gasteiger partial charge in [0.1, 0.15) is 6.61 Å². The van der Waals surface area contributed by atoms with E-state index < -0.39 is 0 Å². The summed E-state index contributed by atoms with van der Waals surface area (Å²) in [6.07, 6.45) is 1.79. The molecule has 1 heterocycles. The van der Waals surface area contributed by atoms with Gasteiger partial charge in [0, 0.05) is 41.9 Å². The lowest BCUT2D eigenvalue weighted by molar-refractivity contribution is 0.269. The van der Waals surface area contributed by atoms with E-state index in [9.17, 15) is 0 Å². The van der Waals surface area contributed by atoms with Crippen LogP contribution in [-0.2, 0) is 26.7 Å². The van der Waals surface area contributed by atoms with E-state index in [0.29, 0.717) is 34.7 Å². The molecule has 0 unspecified atom stereocenters. The Labute approximate surface area is 175 Å². The number of hydrogen-bond donors (Lipinski definition) is 1. The molecule has 0 amide bonds. The minimum absolute atomic E-state index is 0.274. The topological polar surface area (TPSA) is 48.3 Å². The number of rotatable bonds is 9. The monoisotopic (exact) mass is 419 g/mol. The fourth-order valence-electron chi connectivity index (χ4n) is 2.78. The molecule has 0 saturated heterocycles. The van der Waals surface area contributed by atoms with E-state index in [1.54, 1.807) is 18.3 Å². The van der Waals surface area contributed by atoms with Crippen molar-refractivity contribution >= 4 is 23.2 Å². The van der Waals surface area contributed by atoms with Gasteiger partial charge in [-0.05, 0) is 42.8 Å². The summed E-state index contributed by atoms with van der Waals surface area (Å²) in [5.41, 5.74) is 2.99. The number of nitrogens with one attached hydrogen (secondary N) is 1. The Morgan fingerprint density at radius 2 is 1.79 bits per heavy atom. The molecule has 0 aliphatic carbocycles. The van der Waals surface area contributed by atoms with Gasteiger partial charge < -0.3 is 14.8 Å². The summed E-state index contributed by atoms with van der Waals surface area (Å²) in [6, 6.07) is 13.3. The molecule has 1 N–H and O–H groups in total. The van der Waals surface area contributed by atoms with E-state index in [-0.39, 0.29) is 6.61 Å². The minimum atomic E-state index is 0.274. The minimum Gasteiger partial charge on any atom is -0.490 e. The second-order valence-corrected chi connectivity index (χ2v) is 7.07. The average Bonchev–Trinajstić information content (AvgIpc) is 3.08. The zero-order chi connectivity index (χ0) is 19.9. The molecular weight excluding hydrogens is 397 g/mol. The molecule has 2 aromatic carbocycles. The Balaban J connectivity index is 1.65. The smallest absolute Gasteiger partial charge is 0.161 e. The molecule has 0 bridgehead atoms. The first kappa shape index (κ1) is 20.5. The van der Waals surface area contributed by atoms with Crippen LogP contribution in [0.2, 0.25) is 10.0 Å². The zero-order valence-electron chi connectivity index (χ0n) is 15.9. The maximum absolute atomic E-state index is 6.22. The van der Waals surface area contributed by atoms with Gasteiger partial charge >= 0.3 is 0 Å². The second-order valence-electron chi connectivity index (χ2n) is 6.25. The molecule has 3 aromatic rings. The van der Waals surface area contributed by atoms with E-state index in [1.807, 2.05) is 49.0 Å². The SMILES string of the molecule is CCOc1cc(CNCc2ccnn2C)ccc1OCc1c(Cl)cccc1Cl. The highest BCUT2D eigenvalue weighted by atomic mass is 35.5. The Hall–Kier alpha value is -2.21. The predicted molar refractivity (Wildman–Crippen MR) is 112 cm³/mol. The standard InChI is InChI=1S/C21H23Cl2N3O2/c1-3-27-21-11-15(12-24-13-16-9-10-25-26(16)2)7-8-20(21)28-14-17-18(22)5-4-6-19(17)23/h4-11,24H,3,12-14H2,1-2H3. The van der Waals surface area contributed by atoms with Gasteiger partial charge in [-0.2, -0.15) is 5.10 Å². The lowest BCUT2D eigenvalue weighted by Crippen LogP contribution is -2.15. The van der Waals surface area contributed by atoms with Crippen molar-refractivity contribution in [2.75, 3.05) is 6.61 Å². The van der Waals surface area contributed by atoms with Gasteiger partial charge in [-0.1, -0.05) is 35.3 Å². The highest BCUT2D eigenvalue weighted by molar-refractivity contribution is 6.35. The first-order valence-electron chi connectivity index (χ1n) is 9.07. The molecule has 0 spiro atoms. The van der Waals surface area contributed by atoms with Gasteiger partial charge in [-0.25, -0.2) is 0 Å². The van der Waals surface area contributed by atoms with Crippen LogP contribution < -0.4 is 14.8 Å². The average molecular weight is 420 g/mol. The van der Waals surface area contributed by atoms with Crippen LogP contribution in [0.1, 0.15) is 23.7 Å². The third kappa shape index (κ3) is 5.19. The van der Waals surface area contributed by atoms with Crippen LogP contribution in [0, 0.1) is 0 Å². The summed E-state index contributed by atoms with van der Waals surface area (Å²) in [5, 5.41) is 8.76. The zero-order valence-corrected chi connectivity index (χ0v) is 17.4. The van der Waals surface area contributed by atoms with Crippen molar-refractivity contribution in [2.45, 2.75) is 26.6 Å². The predicted octanol–water partition coefficient (Wildman–Crippen LogP) is 4.99. The Morgan fingerprint density at radius 1 is 1.00 bits per heavy atom. The first-order chi connectivity index (χ1) is 13.6. The summed E-state index contributed by atoms with van der Waals surface area (Å²) in [7, 11) is 1.93. The molecule has 0 aliphatic heterocycles. The number of benzene rings is 2. The van der Waals surface area contributed by atoms with Crippen molar-refractivity contribution in [3.8, 4) is 11.5 Å². The second kappa shape index (κ2) is 9.82. The van der Waals surface area contributed by atoms with Crippen LogP contribution >= 0.6 is 23.2 Å². The van der Waals surface area contributed by atoms with Crippen LogP contribution in [0.5, 0.6) is 11.5 Å². The van der Waals surface area contributed by atoms with Gasteiger partial charge in [0.25, 0.3) is 0 Å². The van der Waals surface area contributed by atoms with Gasteiger partial charge in [-0.3, -0.25) is 4.68 Å². The Bertz CT molecular complexity index is 908. The molecule has 1 aromatic heterocycles. The molecule has 0 radical (unpaired) electrons. The van der Waals surface area contributed by atoms with Crippen molar-refractivity contribution in [1.82, 2.24) is 15.1 Å². The molecule has 0 fully saturated rings. The quantitative estimate of drug-likeness (QED) is 0.530. The van der Waals surface area contributed by atoms with Crippen molar-refractivity contribution in [1.29, 1.82) is 0 Å². The van der Waals surface area contributed by atoms with Crippen molar-refractivity contribution in [3.05, 3.63) is 75.5 Å². The highest BCUT2D eigenvalue weighted by Gasteiger charge is 2.11. The summed E-state index contributed by atoms with van der Waals surface area (Å²) >= 11 is 12.4. The fraction of sp³-hybridized carbons (Fsp3) is 0.286. The van der Waals surface area contributed by atoms with Gasteiger partial charge in [0.15, 0.2) is 11.5 Å². The number of aromatic nitrogens is 2. The molecule has 0 saturated carbocycles.